The van der Waals surface area contributed by atoms with Gasteiger partial charge in [0, 0.05) is 12.1 Å². The molecule has 1 aromatic heterocycles. The first-order valence-electron chi connectivity index (χ1n) is 6.72. The number of nitrogens with one attached hydrogen (secondary N) is 1. The van der Waals surface area contributed by atoms with E-state index in [-0.39, 0.29) is 23.8 Å². The molecule has 0 aliphatic rings. The highest BCUT2D eigenvalue weighted by atomic mass is 19.4. The van der Waals surface area contributed by atoms with Gasteiger partial charge < -0.3 is 15.5 Å². The maximum Gasteiger partial charge on any atom is 0.416 e. The van der Waals surface area contributed by atoms with Crippen LogP contribution in [0.3, 0.4) is 0 Å². The average Bonchev–Trinajstić information content (AvgIpc) is 2.44. The Morgan fingerprint density at radius 3 is 2.48 bits per heavy atom. The summed E-state index contributed by atoms with van der Waals surface area (Å²) in [4.78, 5) is 4.10. The SMILES string of the molecule is Cc1nc(NC[C@@H](C)O)nnc1-c1ccc(C(F)(F)F)cc1O. The van der Waals surface area contributed by atoms with Crippen LogP contribution in [0.1, 0.15) is 18.2 Å². The van der Waals surface area contributed by atoms with E-state index in [4.69, 9.17) is 0 Å². The first kappa shape index (κ1) is 16.9. The third-order valence-corrected chi connectivity index (χ3v) is 3.00. The molecule has 9 heteroatoms. The van der Waals surface area contributed by atoms with E-state index >= 15 is 0 Å². The van der Waals surface area contributed by atoms with Crippen molar-refractivity contribution in [2.75, 3.05) is 11.9 Å². The van der Waals surface area contributed by atoms with Crippen LogP contribution in [0.4, 0.5) is 19.1 Å². The maximum absolute atomic E-state index is 12.6. The molecule has 0 spiro atoms. The summed E-state index contributed by atoms with van der Waals surface area (Å²) < 4.78 is 37.8. The Bertz CT molecular complexity index is 705. The second-order valence-corrected chi connectivity index (χ2v) is 5.03. The number of alkyl halides is 3. The minimum Gasteiger partial charge on any atom is -0.507 e. The lowest BCUT2D eigenvalue weighted by atomic mass is 10.1. The van der Waals surface area contributed by atoms with Crippen molar-refractivity contribution in [3.8, 4) is 17.0 Å². The van der Waals surface area contributed by atoms with Crippen LogP contribution >= 0.6 is 0 Å². The molecule has 23 heavy (non-hydrogen) atoms. The summed E-state index contributed by atoms with van der Waals surface area (Å²) in [5, 5.41) is 29.4. The Labute approximate surface area is 130 Å². The highest BCUT2D eigenvalue weighted by Gasteiger charge is 2.31. The summed E-state index contributed by atoms with van der Waals surface area (Å²) in [6.45, 7) is 3.41. The highest BCUT2D eigenvalue weighted by molar-refractivity contribution is 5.69. The summed E-state index contributed by atoms with van der Waals surface area (Å²) in [5.41, 5.74) is -0.285. The topological polar surface area (TPSA) is 91.2 Å². The van der Waals surface area contributed by atoms with Crippen LogP contribution in [0.2, 0.25) is 0 Å². The Balaban J connectivity index is 2.32. The molecule has 1 aromatic carbocycles. The summed E-state index contributed by atoms with van der Waals surface area (Å²) in [7, 11) is 0. The molecule has 0 fully saturated rings. The number of phenols is 1. The van der Waals surface area contributed by atoms with E-state index in [0.717, 1.165) is 12.1 Å². The molecule has 2 aromatic rings. The zero-order valence-corrected chi connectivity index (χ0v) is 12.4. The number of aliphatic hydroxyl groups excluding tert-OH is 1. The van der Waals surface area contributed by atoms with Crippen LogP contribution < -0.4 is 5.32 Å². The molecule has 0 aliphatic carbocycles. The van der Waals surface area contributed by atoms with Crippen molar-refractivity contribution < 1.29 is 23.4 Å². The summed E-state index contributed by atoms with van der Waals surface area (Å²) >= 11 is 0. The first-order chi connectivity index (χ1) is 10.7. The van der Waals surface area contributed by atoms with Crippen molar-refractivity contribution in [2.24, 2.45) is 0 Å². The molecule has 124 valence electrons. The molecular weight excluding hydrogens is 313 g/mol. The normalized spacial score (nSPS) is 13.0. The fraction of sp³-hybridized carbons (Fsp3) is 0.357. The van der Waals surface area contributed by atoms with Gasteiger partial charge in [0.1, 0.15) is 11.4 Å². The van der Waals surface area contributed by atoms with Gasteiger partial charge in [-0.2, -0.15) is 13.2 Å². The molecule has 0 amide bonds. The summed E-state index contributed by atoms with van der Waals surface area (Å²) in [6.07, 6.45) is -5.14. The number of nitrogens with zero attached hydrogens (tertiary/aromatic N) is 3. The summed E-state index contributed by atoms with van der Waals surface area (Å²) in [5.74, 6) is -0.373. The number of aryl methyl sites for hydroxylation is 1. The molecule has 1 atom stereocenters. The van der Waals surface area contributed by atoms with Gasteiger partial charge in [-0.25, -0.2) is 4.98 Å². The number of halogens is 3. The number of aliphatic hydroxyl groups is 1. The zero-order chi connectivity index (χ0) is 17.2. The van der Waals surface area contributed by atoms with Crippen molar-refractivity contribution in [2.45, 2.75) is 26.1 Å². The molecule has 0 radical (unpaired) electrons. The maximum atomic E-state index is 12.6. The molecular formula is C14H15F3N4O2. The van der Waals surface area contributed by atoms with Gasteiger partial charge in [0.25, 0.3) is 0 Å². The quantitative estimate of drug-likeness (QED) is 0.798. The third kappa shape index (κ3) is 4.07. The van der Waals surface area contributed by atoms with E-state index in [1.165, 1.54) is 0 Å². The average molecular weight is 328 g/mol. The smallest absolute Gasteiger partial charge is 0.416 e. The standard InChI is InChI=1S/C14H15F3N4O2/c1-7(22)6-18-13-19-8(2)12(20-21-13)10-4-3-9(5-11(10)23)14(15,16)17/h3-5,7,22-23H,6H2,1-2H3,(H,18,19,21)/t7-/m1/s1. The van der Waals surface area contributed by atoms with Gasteiger partial charge in [-0.05, 0) is 32.0 Å². The van der Waals surface area contributed by atoms with Crippen molar-refractivity contribution in [3.05, 3.63) is 29.5 Å². The Morgan fingerprint density at radius 1 is 1.26 bits per heavy atom. The molecule has 0 bridgehead atoms. The Hall–Kier alpha value is -2.42. The van der Waals surface area contributed by atoms with Crippen molar-refractivity contribution >= 4 is 5.95 Å². The van der Waals surface area contributed by atoms with Crippen LogP contribution in [0.25, 0.3) is 11.3 Å². The number of rotatable bonds is 4. The molecule has 0 saturated heterocycles. The van der Waals surface area contributed by atoms with Crippen LogP contribution in [-0.2, 0) is 6.18 Å². The van der Waals surface area contributed by atoms with Crippen molar-refractivity contribution in [1.29, 1.82) is 0 Å². The number of hydrogen-bond donors (Lipinski definition) is 3. The lowest BCUT2D eigenvalue weighted by Gasteiger charge is -2.11. The predicted molar refractivity (Wildman–Crippen MR) is 76.8 cm³/mol. The zero-order valence-electron chi connectivity index (χ0n) is 12.4. The second-order valence-electron chi connectivity index (χ2n) is 5.03. The van der Waals surface area contributed by atoms with E-state index in [9.17, 15) is 23.4 Å². The highest BCUT2D eigenvalue weighted by Crippen LogP contribution is 2.36. The van der Waals surface area contributed by atoms with Gasteiger partial charge in [-0.1, -0.05) is 0 Å². The predicted octanol–water partition coefficient (Wildman–Crippen LogP) is 2.36. The van der Waals surface area contributed by atoms with Gasteiger partial charge in [-0.3, -0.25) is 0 Å². The van der Waals surface area contributed by atoms with Gasteiger partial charge >= 0.3 is 6.18 Å². The molecule has 1 heterocycles. The number of hydrogen-bond acceptors (Lipinski definition) is 6. The van der Waals surface area contributed by atoms with Gasteiger partial charge in [-0.15, -0.1) is 10.2 Å². The van der Waals surface area contributed by atoms with Gasteiger partial charge in [0.05, 0.1) is 17.4 Å². The fourth-order valence-corrected chi connectivity index (χ4v) is 1.87. The van der Waals surface area contributed by atoms with Gasteiger partial charge in [0.2, 0.25) is 5.95 Å². The van der Waals surface area contributed by atoms with E-state index < -0.39 is 23.6 Å². The van der Waals surface area contributed by atoms with Crippen LogP contribution in [0.5, 0.6) is 5.75 Å². The van der Waals surface area contributed by atoms with E-state index in [1.807, 2.05) is 0 Å². The van der Waals surface area contributed by atoms with Crippen LogP contribution in [-0.4, -0.2) is 38.0 Å². The van der Waals surface area contributed by atoms with E-state index in [2.05, 4.69) is 20.5 Å². The molecule has 6 nitrogen and oxygen atoms in total. The molecule has 0 unspecified atom stereocenters. The number of aromatic nitrogens is 3. The van der Waals surface area contributed by atoms with Crippen molar-refractivity contribution in [1.82, 2.24) is 15.2 Å². The van der Waals surface area contributed by atoms with E-state index in [1.54, 1.807) is 13.8 Å². The number of phenolic OH excluding ortho intramolecular Hbond substituents is 1. The van der Waals surface area contributed by atoms with Crippen LogP contribution in [0, 0.1) is 6.92 Å². The number of benzene rings is 1. The van der Waals surface area contributed by atoms with Crippen molar-refractivity contribution in [3.63, 3.8) is 0 Å². The molecule has 3 N–H and O–H groups in total. The largest absolute Gasteiger partial charge is 0.507 e. The third-order valence-electron chi connectivity index (χ3n) is 3.00. The summed E-state index contributed by atoms with van der Waals surface area (Å²) in [6, 6.07) is 2.62. The van der Waals surface area contributed by atoms with Crippen LogP contribution in [0.15, 0.2) is 18.2 Å². The molecule has 2 rings (SSSR count). The monoisotopic (exact) mass is 328 g/mol. The first-order valence-corrected chi connectivity index (χ1v) is 6.72. The minimum absolute atomic E-state index is 0.109. The number of anilines is 1. The second kappa shape index (κ2) is 6.37. The van der Waals surface area contributed by atoms with Gasteiger partial charge in [0.15, 0.2) is 0 Å². The fourth-order valence-electron chi connectivity index (χ4n) is 1.87. The van der Waals surface area contributed by atoms with E-state index in [0.29, 0.717) is 11.8 Å². The molecule has 0 saturated carbocycles. The Kier molecular flexibility index (Phi) is 4.69. The molecule has 0 aliphatic heterocycles. The Morgan fingerprint density at radius 2 is 1.96 bits per heavy atom. The lowest BCUT2D eigenvalue weighted by Crippen LogP contribution is -2.17. The number of aromatic hydroxyl groups is 1. The minimum atomic E-state index is -4.54. The lowest BCUT2D eigenvalue weighted by molar-refractivity contribution is -0.137.